The summed E-state index contributed by atoms with van der Waals surface area (Å²) in [6.45, 7) is 0.393. The van der Waals surface area contributed by atoms with Crippen LogP contribution in [0.5, 0.6) is 5.88 Å². The fourth-order valence-electron chi connectivity index (χ4n) is 1.66. The molecule has 0 radical (unpaired) electrons. The Morgan fingerprint density at radius 2 is 1.91 bits per heavy atom. The molecule has 0 unspecified atom stereocenters. The third-order valence-electron chi connectivity index (χ3n) is 2.73. The highest BCUT2D eigenvalue weighted by molar-refractivity contribution is 5.92. The van der Waals surface area contributed by atoms with Crippen molar-refractivity contribution < 1.29 is 17.9 Å². The van der Waals surface area contributed by atoms with Gasteiger partial charge in [0.2, 0.25) is 5.88 Å². The fourth-order valence-corrected chi connectivity index (χ4v) is 1.66. The highest BCUT2D eigenvalue weighted by Gasteiger charge is 2.30. The molecule has 0 atom stereocenters. The molecule has 0 fully saturated rings. The normalized spacial score (nSPS) is 12.0. The molecule has 0 aliphatic heterocycles. The van der Waals surface area contributed by atoms with Gasteiger partial charge in [-0.25, -0.2) is 9.98 Å². The largest absolute Gasteiger partial charge is 0.476 e. The van der Waals surface area contributed by atoms with Crippen LogP contribution in [-0.2, 0) is 6.18 Å². The van der Waals surface area contributed by atoms with Crippen molar-refractivity contribution in [3.63, 3.8) is 0 Å². The molecule has 0 saturated carbocycles. The van der Waals surface area contributed by atoms with Crippen LogP contribution in [0.2, 0.25) is 0 Å². The van der Waals surface area contributed by atoms with Crippen LogP contribution in [0.4, 0.5) is 18.9 Å². The van der Waals surface area contributed by atoms with E-state index in [1.165, 1.54) is 0 Å². The Morgan fingerprint density at radius 1 is 1.17 bits per heavy atom. The van der Waals surface area contributed by atoms with Gasteiger partial charge in [0.15, 0.2) is 5.96 Å². The molecule has 1 heterocycles. The van der Waals surface area contributed by atoms with Crippen molar-refractivity contribution in [3.05, 3.63) is 54.2 Å². The van der Waals surface area contributed by atoms with Gasteiger partial charge in [-0.1, -0.05) is 18.2 Å². The molecule has 1 aromatic carbocycles. The van der Waals surface area contributed by atoms with E-state index in [0.717, 1.165) is 24.0 Å². The number of pyridine rings is 1. The summed E-state index contributed by atoms with van der Waals surface area (Å²) in [6.07, 6.45) is -3.68. The Labute approximate surface area is 131 Å². The first-order valence-electron chi connectivity index (χ1n) is 6.73. The lowest BCUT2D eigenvalue weighted by Gasteiger charge is -2.08. The second-order valence-corrected chi connectivity index (χ2v) is 4.49. The van der Waals surface area contributed by atoms with Gasteiger partial charge in [-0.3, -0.25) is 0 Å². The molecular formula is C15H15F3N4O. The fraction of sp³-hybridized carbons (Fsp3) is 0.200. The molecule has 122 valence electrons. The molecule has 0 aliphatic rings. The van der Waals surface area contributed by atoms with Crippen LogP contribution in [-0.4, -0.2) is 24.1 Å². The molecule has 23 heavy (non-hydrogen) atoms. The van der Waals surface area contributed by atoms with Gasteiger partial charge in [0.05, 0.1) is 12.1 Å². The number of halogens is 3. The number of aliphatic imine (C=N–C) groups is 1. The molecular weight excluding hydrogens is 309 g/mol. The zero-order chi connectivity index (χ0) is 16.7. The highest BCUT2D eigenvalue weighted by atomic mass is 19.4. The van der Waals surface area contributed by atoms with Gasteiger partial charge in [-0.2, -0.15) is 13.2 Å². The Kier molecular flexibility index (Phi) is 5.40. The average molecular weight is 324 g/mol. The number of rotatable bonds is 5. The molecule has 8 heteroatoms. The van der Waals surface area contributed by atoms with Crippen molar-refractivity contribution in [2.24, 2.45) is 10.7 Å². The zero-order valence-corrected chi connectivity index (χ0v) is 12.0. The van der Waals surface area contributed by atoms with E-state index in [4.69, 9.17) is 10.5 Å². The Balaban J connectivity index is 1.77. The molecule has 2 aromatic rings. The summed E-state index contributed by atoms with van der Waals surface area (Å²) >= 11 is 0. The molecule has 0 amide bonds. The number of benzene rings is 1. The topological polar surface area (TPSA) is 72.5 Å². The number of para-hydroxylation sites is 1. The van der Waals surface area contributed by atoms with Crippen molar-refractivity contribution in [1.82, 2.24) is 4.98 Å². The number of hydrogen-bond donors (Lipinski definition) is 2. The Morgan fingerprint density at radius 3 is 2.52 bits per heavy atom. The molecule has 0 spiro atoms. The number of aromatic nitrogens is 1. The average Bonchev–Trinajstić information content (AvgIpc) is 2.52. The first kappa shape index (κ1) is 16.6. The lowest BCUT2D eigenvalue weighted by molar-refractivity contribution is -0.137. The number of nitrogens with two attached hydrogens (primary N) is 1. The summed E-state index contributed by atoms with van der Waals surface area (Å²) in [5, 5.41) is 2.90. The van der Waals surface area contributed by atoms with Crippen molar-refractivity contribution in [2.45, 2.75) is 6.18 Å². The number of anilines is 1. The number of alkyl halides is 3. The minimum Gasteiger partial charge on any atom is -0.476 e. The second-order valence-electron chi connectivity index (χ2n) is 4.49. The lowest BCUT2D eigenvalue weighted by Crippen LogP contribution is -2.23. The van der Waals surface area contributed by atoms with Crippen molar-refractivity contribution in [2.75, 3.05) is 18.5 Å². The standard InChI is InChI=1S/C15H15F3N4O/c16-15(17,18)11-6-7-13(21-10-11)23-9-8-20-14(19)22-12-4-2-1-3-5-12/h1-7,10H,8-9H2,(H3,19,20,22). The molecule has 3 N–H and O–H groups in total. The van der Waals surface area contributed by atoms with Crippen LogP contribution in [0, 0.1) is 0 Å². The number of nitrogens with zero attached hydrogens (tertiary/aromatic N) is 2. The number of guanidine groups is 1. The SMILES string of the molecule is NC(=NCCOc1ccc(C(F)(F)F)cn1)Nc1ccccc1. The quantitative estimate of drug-likeness (QED) is 0.504. The Hall–Kier alpha value is -2.77. The van der Waals surface area contributed by atoms with Gasteiger partial charge in [0, 0.05) is 18.0 Å². The van der Waals surface area contributed by atoms with Crippen molar-refractivity contribution in [3.8, 4) is 5.88 Å². The molecule has 0 bridgehead atoms. The zero-order valence-electron chi connectivity index (χ0n) is 12.0. The van der Waals surface area contributed by atoms with Crippen LogP contribution in [0.15, 0.2) is 53.7 Å². The van der Waals surface area contributed by atoms with E-state index < -0.39 is 11.7 Å². The van der Waals surface area contributed by atoms with E-state index in [1.54, 1.807) is 0 Å². The van der Waals surface area contributed by atoms with E-state index in [-0.39, 0.29) is 25.0 Å². The maximum Gasteiger partial charge on any atom is 0.417 e. The van der Waals surface area contributed by atoms with E-state index in [9.17, 15) is 13.2 Å². The second kappa shape index (κ2) is 7.48. The minimum absolute atomic E-state index is 0.0998. The summed E-state index contributed by atoms with van der Waals surface area (Å²) in [7, 11) is 0. The number of ether oxygens (including phenoxy) is 1. The van der Waals surface area contributed by atoms with Gasteiger partial charge < -0.3 is 15.8 Å². The third kappa shape index (κ3) is 5.50. The predicted molar refractivity (Wildman–Crippen MR) is 81.3 cm³/mol. The maximum absolute atomic E-state index is 12.4. The van der Waals surface area contributed by atoms with Gasteiger partial charge >= 0.3 is 6.18 Å². The van der Waals surface area contributed by atoms with E-state index >= 15 is 0 Å². The van der Waals surface area contributed by atoms with Crippen LogP contribution in [0.3, 0.4) is 0 Å². The number of hydrogen-bond acceptors (Lipinski definition) is 3. The first-order valence-corrected chi connectivity index (χ1v) is 6.73. The van der Waals surface area contributed by atoms with E-state index in [2.05, 4.69) is 15.3 Å². The van der Waals surface area contributed by atoms with Gasteiger partial charge in [0.25, 0.3) is 0 Å². The van der Waals surface area contributed by atoms with Crippen LogP contribution in [0.1, 0.15) is 5.56 Å². The van der Waals surface area contributed by atoms with Crippen LogP contribution in [0.25, 0.3) is 0 Å². The number of nitrogens with one attached hydrogen (secondary N) is 1. The Bertz CT molecular complexity index is 642. The van der Waals surface area contributed by atoms with Crippen LogP contribution >= 0.6 is 0 Å². The van der Waals surface area contributed by atoms with Crippen molar-refractivity contribution >= 4 is 11.6 Å². The van der Waals surface area contributed by atoms with Gasteiger partial charge in [-0.15, -0.1) is 0 Å². The molecule has 2 rings (SSSR count). The maximum atomic E-state index is 12.4. The third-order valence-corrected chi connectivity index (χ3v) is 2.73. The summed E-state index contributed by atoms with van der Waals surface area (Å²) < 4.78 is 42.3. The molecule has 0 aliphatic carbocycles. The first-order chi connectivity index (χ1) is 10.9. The molecule has 0 saturated heterocycles. The summed E-state index contributed by atoms with van der Waals surface area (Å²) in [5.74, 6) is 0.322. The smallest absolute Gasteiger partial charge is 0.417 e. The predicted octanol–water partition coefficient (Wildman–Crippen LogP) is 2.91. The summed E-state index contributed by atoms with van der Waals surface area (Å²) in [6, 6.07) is 11.3. The highest BCUT2D eigenvalue weighted by Crippen LogP contribution is 2.29. The van der Waals surface area contributed by atoms with Crippen molar-refractivity contribution in [1.29, 1.82) is 0 Å². The summed E-state index contributed by atoms with van der Waals surface area (Å²) in [4.78, 5) is 7.63. The molecule has 1 aromatic heterocycles. The van der Waals surface area contributed by atoms with Crippen LogP contribution < -0.4 is 15.8 Å². The molecule has 5 nitrogen and oxygen atoms in total. The van der Waals surface area contributed by atoms with Gasteiger partial charge in [-0.05, 0) is 18.2 Å². The minimum atomic E-state index is -4.41. The monoisotopic (exact) mass is 324 g/mol. The van der Waals surface area contributed by atoms with E-state index in [1.807, 2.05) is 30.3 Å². The summed E-state index contributed by atoms with van der Waals surface area (Å²) in [5.41, 5.74) is 5.68. The van der Waals surface area contributed by atoms with E-state index in [0.29, 0.717) is 0 Å². The van der Waals surface area contributed by atoms with Gasteiger partial charge in [0.1, 0.15) is 6.61 Å². The lowest BCUT2D eigenvalue weighted by atomic mass is 10.3.